The summed E-state index contributed by atoms with van der Waals surface area (Å²) in [6.45, 7) is 31.4. The van der Waals surface area contributed by atoms with Crippen LogP contribution in [0.25, 0.3) is 0 Å². The van der Waals surface area contributed by atoms with E-state index < -0.39 is 0 Å². The number of rotatable bonds is 8. The second kappa shape index (κ2) is 14.7. The minimum Gasteiger partial charge on any atom is -0.119 e. The molecule has 1 aromatic rings. The molecule has 1 aliphatic carbocycles. The Kier molecular flexibility index (Phi) is 13.6. The zero-order valence-electron chi connectivity index (χ0n) is 23.5. The summed E-state index contributed by atoms with van der Waals surface area (Å²) in [4.78, 5) is 0. The van der Waals surface area contributed by atoms with Gasteiger partial charge in [0.15, 0.2) is 0 Å². The van der Waals surface area contributed by atoms with Crippen molar-refractivity contribution in [1.29, 1.82) is 0 Å². The Hall–Kier alpha value is -2.52. The summed E-state index contributed by atoms with van der Waals surface area (Å²) < 4.78 is 0. The van der Waals surface area contributed by atoms with Gasteiger partial charge in [0.25, 0.3) is 0 Å². The normalized spacial score (nSPS) is 19.5. The fraction of sp³-hybridized carbons (Fsp3) is 0.471. The quantitative estimate of drug-likeness (QED) is 0.206. The lowest BCUT2D eigenvalue weighted by molar-refractivity contribution is 0.496. The number of aryl methyl sites for hydroxylation is 1. The van der Waals surface area contributed by atoms with Crippen LogP contribution in [0.15, 0.2) is 85.5 Å². The molecule has 186 valence electrons. The summed E-state index contributed by atoms with van der Waals surface area (Å²) in [6, 6.07) is 8.72. The Bertz CT molecular complexity index is 879. The van der Waals surface area contributed by atoms with Gasteiger partial charge in [-0.3, -0.25) is 0 Å². The molecule has 2 unspecified atom stereocenters. The molecule has 2 rings (SSSR count). The van der Waals surface area contributed by atoms with Crippen LogP contribution in [0.5, 0.6) is 0 Å². The fourth-order valence-corrected chi connectivity index (χ4v) is 4.14. The summed E-state index contributed by atoms with van der Waals surface area (Å²) in [7, 11) is 0. The SMILES string of the molecule is C#C[C@@H](CC(=C)C1C(/C=C(\C)C(C)(C)C)C1(C)C)c1cccc(CC)c1.C=C/C=C\C=C.CC. The van der Waals surface area contributed by atoms with Crippen LogP contribution >= 0.6 is 0 Å². The largest absolute Gasteiger partial charge is 0.119 e. The number of benzene rings is 1. The first-order chi connectivity index (χ1) is 15.9. The maximum Gasteiger partial charge on any atom is 0.0486 e. The van der Waals surface area contributed by atoms with Crippen molar-refractivity contribution in [3.8, 4) is 12.3 Å². The molecular formula is C34H50. The van der Waals surface area contributed by atoms with Crippen LogP contribution < -0.4 is 0 Å². The number of terminal acetylenes is 1. The molecular weight excluding hydrogens is 408 g/mol. The molecule has 0 amide bonds. The lowest BCUT2D eigenvalue weighted by Gasteiger charge is -2.20. The molecule has 0 heterocycles. The Balaban J connectivity index is 0.00000118. The maximum atomic E-state index is 5.90. The van der Waals surface area contributed by atoms with Crippen LogP contribution in [-0.2, 0) is 6.42 Å². The van der Waals surface area contributed by atoms with Crippen LogP contribution in [0.3, 0.4) is 0 Å². The molecule has 0 heteroatoms. The van der Waals surface area contributed by atoms with E-state index in [1.54, 1.807) is 12.2 Å². The summed E-state index contributed by atoms with van der Waals surface area (Å²) in [6.07, 6.45) is 17.4. The van der Waals surface area contributed by atoms with E-state index in [-0.39, 0.29) is 16.7 Å². The van der Waals surface area contributed by atoms with Crippen molar-refractivity contribution < 1.29 is 0 Å². The van der Waals surface area contributed by atoms with Gasteiger partial charge in [0.2, 0.25) is 0 Å². The van der Waals surface area contributed by atoms with Gasteiger partial charge in [-0.15, -0.1) is 6.42 Å². The molecule has 0 saturated heterocycles. The van der Waals surface area contributed by atoms with E-state index >= 15 is 0 Å². The van der Waals surface area contributed by atoms with Crippen molar-refractivity contribution in [3.05, 3.63) is 96.7 Å². The van der Waals surface area contributed by atoms with Crippen molar-refractivity contribution in [2.75, 3.05) is 0 Å². The van der Waals surface area contributed by atoms with E-state index in [1.807, 2.05) is 26.0 Å². The second-order valence-corrected chi connectivity index (χ2v) is 10.5. The molecule has 1 saturated carbocycles. The van der Waals surface area contributed by atoms with Gasteiger partial charge in [0, 0.05) is 5.92 Å². The molecule has 1 aliphatic rings. The smallest absolute Gasteiger partial charge is 0.0486 e. The van der Waals surface area contributed by atoms with E-state index in [1.165, 1.54) is 22.3 Å². The van der Waals surface area contributed by atoms with Gasteiger partial charge < -0.3 is 0 Å². The standard InChI is InChI=1S/C26H36.C6H8.C2H6/c1-10-20-13-12-14-22(17-20)21(11-2)15-18(3)24-23(26(24,8)9)16-19(4)25(5,6)7;1-3-5-6-4-2;1-2/h2,12-14,16-17,21,23-24H,3,10,15H2,1,4-9H3;3-6H,1-2H2;1-2H3/b19-16+;6-5-;/t21-,23?,24?;;/m0../s1. The molecule has 1 aromatic carbocycles. The van der Waals surface area contributed by atoms with Crippen molar-refractivity contribution in [1.82, 2.24) is 0 Å². The zero-order valence-corrected chi connectivity index (χ0v) is 23.5. The van der Waals surface area contributed by atoms with Gasteiger partial charge in [-0.05, 0) is 53.6 Å². The van der Waals surface area contributed by atoms with Gasteiger partial charge in [-0.25, -0.2) is 0 Å². The molecule has 0 aliphatic heterocycles. The van der Waals surface area contributed by atoms with Crippen LogP contribution in [0, 0.1) is 35.0 Å². The highest BCUT2D eigenvalue weighted by Gasteiger charge is 2.57. The third-order valence-corrected chi connectivity index (χ3v) is 6.78. The lowest BCUT2D eigenvalue weighted by atomic mass is 9.86. The summed E-state index contributed by atoms with van der Waals surface area (Å²) in [5.74, 6) is 4.25. The molecule has 34 heavy (non-hydrogen) atoms. The number of hydrogen-bond acceptors (Lipinski definition) is 0. The summed E-state index contributed by atoms with van der Waals surface area (Å²) in [5, 5.41) is 0. The molecule has 0 spiro atoms. The van der Waals surface area contributed by atoms with E-state index in [0.717, 1.165) is 12.8 Å². The summed E-state index contributed by atoms with van der Waals surface area (Å²) in [5.41, 5.74) is 5.89. The first-order valence-corrected chi connectivity index (χ1v) is 12.8. The highest BCUT2D eigenvalue weighted by Crippen LogP contribution is 2.63. The predicted octanol–water partition coefficient (Wildman–Crippen LogP) is 10.1. The first kappa shape index (κ1) is 31.5. The van der Waals surface area contributed by atoms with E-state index in [0.29, 0.717) is 11.8 Å². The van der Waals surface area contributed by atoms with E-state index in [2.05, 4.69) is 104 Å². The zero-order chi connectivity index (χ0) is 26.5. The number of hydrogen-bond donors (Lipinski definition) is 0. The van der Waals surface area contributed by atoms with Gasteiger partial charge in [0.05, 0.1) is 0 Å². The van der Waals surface area contributed by atoms with Crippen molar-refractivity contribution in [3.63, 3.8) is 0 Å². The van der Waals surface area contributed by atoms with Crippen LogP contribution in [0.4, 0.5) is 0 Å². The Morgan fingerprint density at radius 1 is 1.15 bits per heavy atom. The van der Waals surface area contributed by atoms with Gasteiger partial charge in [0.1, 0.15) is 0 Å². The number of allylic oxidation sites excluding steroid dienone is 7. The second-order valence-electron chi connectivity index (χ2n) is 10.5. The van der Waals surface area contributed by atoms with E-state index in [4.69, 9.17) is 6.42 Å². The average molecular weight is 459 g/mol. The molecule has 0 bridgehead atoms. The van der Waals surface area contributed by atoms with Crippen LogP contribution in [0.2, 0.25) is 0 Å². The third-order valence-electron chi connectivity index (χ3n) is 6.78. The van der Waals surface area contributed by atoms with Crippen LogP contribution in [0.1, 0.15) is 85.8 Å². The third kappa shape index (κ3) is 9.38. The molecule has 0 aromatic heterocycles. The highest BCUT2D eigenvalue weighted by atomic mass is 14.6. The van der Waals surface area contributed by atoms with Crippen molar-refractivity contribution >= 4 is 0 Å². The average Bonchev–Trinajstić information content (AvgIpc) is 3.36. The highest BCUT2D eigenvalue weighted by molar-refractivity contribution is 5.35. The topological polar surface area (TPSA) is 0 Å². The van der Waals surface area contributed by atoms with Gasteiger partial charge in [-0.2, -0.15) is 0 Å². The maximum absolute atomic E-state index is 5.90. The van der Waals surface area contributed by atoms with E-state index in [9.17, 15) is 0 Å². The lowest BCUT2D eigenvalue weighted by Crippen LogP contribution is -2.07. The fourth-order valence-electron chi connectivity index (χ4n) is 4.14. The molecule has 0 radical (unpaired) electrons. The first-order valence-electron chi connectivity index (χ1n) is 12.8. The Morgan fingerprint density at radius 3 is 2.15 bits per heavy atom. The van der Waals surface area contributed by atoms with Gasteiger partial charge >= 0.3 is 0 Å². The minimum absolute atomic E-state index is 0.124. The monoisotopic (exact) mass is 458 g/mol. The minimum atomic E-state index is 0.124. The molecule has 0 N–H and O–H groups in total. The van der Waals surface area contributed by atoms with Gasteiger partial charge in [-0.1, -0.05) is 147 Å². The summed E-state index contributed by atoms with van der Waals surface area (Å²) >= 11 is 0. The molecule has 3 atom stereocenters. The predicted molar refractivity (Wildman–Crippen MR) is 156 cm³/mol. The van der Waals surface area contributed by atoms with Crippen molar-refractivity contribution in [2.45, 2.75) is 81.1 Å². The molecule has 1 fully saturated rings. The Morgan fingerprint density at radius 2 is 1.71 bits per heavy atom. The van der Waals surface area contributed by atoms with Crippen LogP contribution in [-0.4, -0.2) is 0 Å². The Labute approximate surface area is 212 Å². The van der Waals surface area contributed by atoms with Crippen molar-refractivity contribution in [2.24, 2.45) is 22.7 Å². The molecule has 0 nitrogen and oxygen atoms in total.